The van der Waals surface area contributed by atoms with Crippen LogP contribution in [0.5, 0.6) is 0 Å². The zero-order valence-corrected chi connectivity index (χ0v) is 8.16. The lowest BCUT2D eigenvalue weighted by atomic mass is 9.64. The Morgan fingerprint density at radius 1 is 1.29 bits per heavy atom. The van der Waals surface area contributed by atoms with Crippen molar-refractivity contribution >= 4 is 0 Å². The summed E-state index contributed by atoms with van der Waals surface area (Å²) in [6.07, 6.45) is 5.69. The van der Waals surface area contributed by atoms with Crippen LogP contribution in [-0.4, -0.2) is 6.54 Å². The van der Waals surface area contributed by atoms with E-state index in [1.54, 1.807) is 0 Å². The minimum absolute atomic E-state index is 0.233. The first kappa shape index (κ1) is 9.08. The van der Waals surface area contributed by atoms with Crippen LogP contribution in [0, 0.1) is 11.5 Å². The van der Waals surface area contributed by atoms with Crippen LogP contribution in [-0.2, 0) is 5.41 Å². The highest BCUT2D eigenvalue weighted by atomic mass is 14.9. The first-order chi connectivity index (χ1) is 6.87. The van der Waals surface area contributed by atoms with Crippen LogP contribution in [0.4, 0.5) is 0 Å². The molecular weight excluding hydrogens is 172 g/mol. The summed E-state index contributed by atoms with van der Waals surface area (Å²) in [7, 11) is 0. The van der Waals surface area contributed by atoms with Gasteiger partial charge in [-0.25, -0.2) is 0 Å². The van der Waals surface area contributed by atoms with Crippen LogP contribution in [0.1, 0.15) is 24.8 Å². The molecule has 0 atom stereocenters. The van der Waals surface area contributed by atoms with Crippen LogP contribution in [0.2, 0.25) is 0 Å². The smallest absolute Gasteiger partial charge is 0.176 e. The maximum atomic E-state index is 8.53. The summed E-state index contributed by atoms with van der Waals surface area (Å²) >= 11 is 0. The van der Waals surface area contributed by atoms with Crippen molar-refractivity contribution < 1.29 is 0 Å². The first-order valence-corrected chi connectivity index (χ1v) is 5.05. The quantitative estimate of drug-likeness (QED) is 0.580. The molecule has 1 aromatic carbocycles. The molecule has 0 heterocycles. The summed E-state index contributed by atoms with van der Waals surface area (Å²) in [6, 6.07) is 10.5. The summed E-state index contributed by atoms with van der Waals surface area (Å²) in [4.78, 5) is 0. The molecule has 1 aromatic rings. The summed E-state index contributed by atoms with van der Waals surface area (Å²) < 4.78 is 0. The molecule has 1 fully saturated rings. The Morgan fingerprint density at radius 2 is 2.00 bits per heavy atom. The average molecular weight is 186 g/mol. The number of nitrogens with zero attached hydrogens (tertiary/aromatic N) is 1. The van der Waals surface area contributed by atoms with Gasteiger partial charge in [0, 0.05) is 12.0 Å². The average Bonchev–Trinajstić information content (AvgIpc) is 2.18. The van der Waals surface area contributed by atoms with Gasteiger partial charge in [-0.1, -0.05) is 36.8 Å². The van der Waals surface area contributed by atoms with Gasteiger partial charge < -0.3 is 5.32 Å². The standard InChI is InChI=1S/C12H14N2/c13-10-14-9-12(7-4-8-12)11-5-2-1-3-6-11/h1-3,5-6,14H,4,7-9H2. The molecule has 2 nitrogen and oxygen atoms in total. The molecule has 2 rings (SSSR count). The third-order valence-electron chi connectivity index (χ3n) is 3.20. The maximum Gasteiger partial charge on any atom is 0.176 e. The van der Waals surface area contributed by atoms with Crippen LogP contribution in [0.15, 0.2) is 30.3 Å². The molecule has 1 aliphatic rings. The summed E-state index contributed by atoms with van der Waals surface area (Å²) in [6.45, 7) is 0.785. The molecule has 0 aliphatic heterocycles. The second-order valence-corrected chi connectivity index (χ2v) is 3.97. The number of nitriles is 1. The minimum Gasteiger partial charge on any atom is -0.323 e. The van der Waals surface area contributed by atoms with Crippen molar-refractivity contribution in [2.45, 2.75) is 24.7 Å². The van der Waals surface area contributed by atoms with Crippen molar-refractivity contribution in [2.75, 3.05) is 6.54 Å². The van der Waals surface area contributed by atoms with Gasteiger partial charge in [0.2, 0.25) is 0 Å². The van der Waals surface area contributed by atoms with E-state index in [1.807, 2.05) is 12.3 Å². The zero-order valence-electron chi connectivity index (χ0n) is 8.16. The zero-order chi connectivity index (χ0) is 9.86. The maximum absolute atomic E-state index is 8.53. The van der Waals surface area contributed by atoms with E-state index in [-0.39, 0.29) is 5.41 Å². The van der Waals surface area contributed by atoms with Gasteiger partial charge in [0.1, 0.15) is 0 Å². The number of hydrogen-bond donors (Lipinski definition) is 1. The monoisotopic (exact) mass is 186 g/mol. The van der Waals surface area contributed by atoms with Gasteiger partial charge in [-0.15, -0.1) is 0 Å². The first-order valence-electron chi connectivity index (χ1n) is 5.05. The molecule has 0 spiro atoms. The molecule has 1 N–H and O–H groups in total. The molecule has 72 valence electrons. The van der Waals surface area contributed by atoms with E-state index in [9.17, 15) is 0 Å². The lowest BCUT2D eigenvalue weighted by Crippen LogP contribution is -2.42. The van der Waals surface area contributed by atoms with E-state index in [2.05, 4.69) is 29.6 Å². The Balaban J connectivity index is 2.17. The van der Waals surface area contributed by atoms with Crippen LogP contribution >= 0.6 is 0 Å². The Kier molecular flexibility index (Phi) is 2.41. The molecule has 14 heavy (non-hydrogen) atoms. The molecule has 0 saturated heterocycles. The van der Waals surface area contributed by atoms with Gasteiger partial charge in [0.15, 0.2) is 6.19 Å². The third kappa shape index (κ3) is 1.46. The lowest BCUT2D eigenvalue weighted by Gasteiger charge is -2.42. The Morgan fingerprint density at radius 3 is 2.50 bits per heavy atom. The molecule has 2 heteroatoms. The third-order valence-corrected chi connectivity index (χ3v) is 3.20. The topological polar surface area (TPSA) is 35.8 Å². The van der Waals surface area contributed by atoms with Crippen molar-refractivity contribution in [3.05, 3.63) is 35.9 Å². The summed E-state index contributed by atoms with van der Waals surface area (Å²) in [5.74, 6) is 0. The van der Waals surface area contributed by atoms with E-state index in [4.69, 9.17) is 5.26 Å². The number of rotatable bonds is 3. The SMILES string of the molecule is N#CNCC1(c2ccccc2)CCC1. The Labute approximate surface area is 84.6 Å². The molecule has 0 amide bonds. The predicted octanol–water partition coefficient (Wildman–Crippen LogP) is 2.18. The highest BCUT2D eigenvalue weighted by Crippen LogP contribution is 2.42. The molecule has 1 saturated carbocycles. The van der Waals surface area contributed by atoms with Gasteiger partial charge in [0.05, 0.1) is 0 Å². The molecular formula is C12H14N2. The van der Waals surface area contributed by atoms with E-state index in [0.717, 1.165) is 6.54 Å². The second kappa shape index (κ2) is 3.71. The lowest BCUT2D eigenvalue weighted by molar-refractivity contribution is 0.243. The number of benzene rings is 1. The van der Waals surface area contributed by atoms with E-state index in [1.165, 1.54) is 24.8 Å². The van der Waals surface area contributed by atoms with Crippen molar-refractivity contribution in [1.29, 1.82) is 5.26 Å². The van der Waals surface area contributed by atoms with Crippen molar-refractivity contribution in [1.82, 2.24) is 5.32 Å². The number of hydrogen-bond acceptors (Lipinski definition) is 2. The molecule has 1 aliphatic carbocycles. The number of nitrogens with one attached hydrogen (secondary N) is 1. The fraction of sp³-hybridized carbons (Fsp3) is 0.417. The van der Waals surface area contributed by atoms with Crippen LogP contribution < -0.4 is 5.32 Å². The minimum atomic E-state index is 0.233. The van der Waals surface area contributed by atoms with E-state index in [0.29, 0.717) is 0 Å². The van der Waals surface area contributed by atoms with Crippen LogP contribution in [0.3, 0.4) is 0 Å². The molecule has 0 unspecified atom stereocenters. The van der Waals surface area contributed by atoms with Crippen LogP contribution in [0.25, 0.3) is 0 Å². The highest BCUT2D eigenvalue weighted by molar-refractivity contribution is 5.28. The van der Waals surface area contributed by atoms with Gasteiger partial charge in [0.25, 0.3) is 0 Å². The molecule has 0 bridgehead atoms. The second-order valence-electron chi connectivity index (χ2n) is 3.97. The predicted molar refractivity (Wildman–Crippen MR) is 55.6 cm³/mol. The van der Waals surface area contributed by atoms with Gasteiger partial charge in [-0.3, -0.25) is 0 Å². The van der Waals surface area contributed by atoms with Crippen molar-refractivity contribution in [3.8, 4) is 6.19 Å². The molecule has 0 aromatic heterocycles. The highest BCUT2D eigenvalue weighted by Gasteiger charge is 2.38. The summed E-state index contributed by atoms with van der Waals surface area (Å²) in [5, 5.41) is 11.3. The fourth-order valence-electron chi connectivity index (χ4n) is 2.17. The van der Waals surface area contributed by atoms with Crippen molar-refractivity contribution in [2.24, 2.45) is 0 Å². The van der Waals surface area contributed by atoms with E-state index < -0.39 is 0 Å². The van der Waals surface area contributed by atoms with Gasteiger partial charge >= 0.3 is 0 Å². The van der Waals surface area contributed by atoms with E-state index >= 15 is 0 Å². The fourth-order valence-corrected chi connectivity index (χ4v) is 2.17. The normalized spacial score (nSPS) is 17.9. The Bertz CT molecular complexity index is 333. The van der Waals surface area contributed by atoms with Gasteiger partial charge in [-0.2, -0.15) is 5.26 Å². The Hall–Kier alpha value is -1.49. The largest absolute Gasteiger partial charge is 0.323 e. The van der Waals surface area contributed by atoms with Gasteiger partial charge in [-0.05, 0) is 18.4 Å². The summed E-state index contributed by atoms with van der Waals surface area (Å²) in [5.41, 5.74) is 1.60. The molecule has 0 radical (unpaired) electrons. The van der Waals surface area contributed by atoms with Crippen molar-refractivity contribution in [3.63, 3.8) is 0 Å².